The molecule has 1 fully saturated rings. The maximum absolute atomic E-state index is 12.1. The molecule has 0 bridgehead atoms. The second kappa shape index (κ2) is 7.10. The zero-order valence-corrected chi connectivity index (χ0v) is 15.9. The third-order valence-electron chi connectivity index (χ3n) is 5.63. The fourth-order valence-corrected chi connectivity index (χ4v) is 4.16. The number of rotatable bonds is 4. The van der Waals surface area contributed by atoms with Gasteiger partial charge in [0, 0.05) is 37.1 Å². The number of hydrogen-bond acceptors (Lipinski definition) is 5. The van der Waals surface area contributed by atoms with Gasteiger partial charge in [-0.3, -0.25) is 4.79 Å². The van der Waals surface area contributed by atoms with Crippen molar-refractivity contribution in [1.29, 1.82) is 0 Å². The van der Waals surface area contributed by atoms with Gasteiger partial charge < -0.3 is 20.3 Å². The maximum Gasteiger partial charge on any atom is 0.252 e. The van der Waals surface area contributed by atoms with Crippen LogP contribution >= 0.6 is 0 Å². The van der Waals surface area contributed by atoms with Gasteiger partial charge >= 0.3 is 0 Å². The lowest BCUT2D eigenvalue weighted by molar-refractivity contribution is 0.1000. The second-order valence-electron chi connectivity index (χ2n) is 7.37. The number of piperazine rings is 1. The van der Waals surface area contributed by atoms with Crippen LogP contribution in [0.5, 0.6) is 5.75 Å². The smallest absolute Gasteiger partial charge is 0.252 e. The molecule has 1 aromatic carbocycles. The van der Waals surface area contributed by atoms with Gasteiger partial charge in [0.15, 0.2) is 0 Å². The predicted octanol–water partition coefficient (Wildman–Crippen LogP) is 2.39. The number of anilines is 2. The Balaban J connectivity index is 1.57. The van der Waals surface area contributed by atoms with Gasteiger partial charge in [0.1, 0.15) is 11.6 Å². The Labute approximate surface area is 159 Å². The van der Waals surface area contributed by atoms with Gasteiger partial charge in [-0.2, -0.15) is 0 Å². The number of aryl methyl sites for hydroxylation is 2. The van der Waals surface area contributed by atoms with Gasteiger partial charge in [0.25, 0.3) is 5.91 Å². The van der Waals surface area contributed by atoms with Gasteiger partial charge in [0.05, 0.1) is 12.7 Å². The Hall–Kier alpha value is -2.76. The minimum absolute atomic E-state index is 0.228. The number of ether oxygens (including phenoxy) is 1. The Kier molecular flexibility index (Phi) is 4.64. The van der Waals surface area contributed by atoms with E-state index in [1.807, 2.05) is 18.2 Å². The van der Waals surface area contributed by atoms with E-state index in [2.05, 4.69) is 28.9 Å². The molecule has 0 spiro atoms. The molecule has 1 saturated heterocycles. The van der Waals surface area contributed by atoms with Crippen LogP contribution in [0, 0.1) is 0 Å². The molecule has 27 heavy (non-hydrogen) atoms. The number of carbonyl (C=O) groups is 1. The topological polar surface area (TPSA) is 71.7 Å². The summed E-state index contributed by atoms with van der Waals surface area (Å²) in [5.41, 5.74) is 9.72. The van der Waals surface area contributed by atoms with Crippen LogP contribution in [0.2, 0.25) is 0 Å². The van der Waals surface area contributed by atoms with Crippen molar-refractivity contribution in [2.75, 3.05) is 36.5 Å². The van der Waals surface area contributed by atoms with Crippen LogP contribution in [-0.4, -0.2) is 43.7 Å². The van der Waals surface area contributed by atoms with E-state index in [1.165, 1.54) is 11.3 Å². The fraction of sp³-hybridized carbons (Fsp3) is 0.429. The highest BCUT2D eigenvalue weighted by Crippen LogP contribution is 2.30. The molecule has 0 saturated carbocycles. The highest BCUT2D eigenvalue weighted by atomic mass is 16.5. The molecular weight excluding hydrogens is 340 g/mol. The average molecular weight is 366 g/mol. The minimum atomic E-state index is -0.392. The predicted molar refractivity (Wildman–Crippen MR) is 107 cm³/mol. The highest BCUT2D eigenvalue weighted by Gasteiger charge is 2.29. The number of carbonyl (C=O) groups excluding carboxylic acids is 1. The van der Waals surface area contributed by atoms with Crippen molar-refractivity contribution in [2.45, 2.75) is 32.2 Å². The molecule has 2 aromatic rings. The molecule has 1 atom stereocenters. The van der Waals surface area contributed by atoms with Crippen molar-refractivity contribution < 1.29 is 9.53 Å². The third-order valence-corrected chi connectivity index (χ3v) is 5.63. The molecule has 1 amide bonds. The molecule has 1 aromatic heterocycles. The van der Waals surface area contributed by atoms with E-state index in [9.17, 15) is 4.79 Å². The van der Waals surface area contributed by atoms with Crippen LogP contribution in [0.25, 0.3) is 0 Å². The summed E-state index contributed by atoms with van der Waals surface area (Å²) in [5, 5.41) is 0. The molecule has 6 heteroatoms. The molecule has 2 aliphatic rings. The summed E-state index contributed by atoms with van der Waals surface area (Å²) in [5.74, 6) is 1.22. The summed E-state index contributed by atoms with van der Waals surface area (Å²) >= 11 is 0. The molecular formula is C21H26N4O2. The van der Waals surface area contributed by atoms with Gasteiger partial charge in [-0.25, -0.2) is 4.98 Å². The minimum Gasteiger partial charge on any atom is -0.497 e. The average Bonchev–Trinajstić information content (AvgIpc) is 3.14. The third kappa shape index (κ3) is 3.31. The maximum atomic E-state index is 12.1. The number of methoxy groups -OCH3 is 1. The Bertz CT molecular complexity index is 850. The van der Waals surface area contributed by atoms with E-state index in [4.69, 9.17) is 15.5 Å². The number of amides is 1. The van der Waals surface area contributed by atoms with Crippen LogP contribution in [0.1, 0.15) is 35.0 Å². The number of nitrogens with two attached hydrogens (primary N) is 1. The summed E-state index contributed by atoms with van der Waals surface area (Å²) in [6.45, 7) is 4.71. The molecule has 2 N–H and O–H groups in total. The molecule has 4 rings (SSSR count). The lowest BCUT2D eigenvalue weighted by Gasteiger charge is -2.42. The van der Waals surface area contributed by atoms with Crippen molar-refractivity contribution in [3.63, 3.8) is 0 Å². The van der Waals surface area contributed by atoms with E-state index in [0.29, 0.717) is 5.56 Å². The molecule has 1 aliphatic carbocycles. The summed E-state index contributed by atoms with van der Waals surface area (Å²) in [6, 6.07) is 10.3. The second-order valence-corrected chi connectivity index (χ2v) is 7.37. The van der Waals surface area contributed by atoms with Crippen molar-refractivity contribution in [3.05, 3.63) is 47.2 Å². The number of benzene rings is 1. The van der Waals surface area contributed by atoms with Gasteiger partial charge in [-0.05, 0) is 62.1 Å². The first kappa shape index (κ1) is 17.6. The standard InChI is InChI=1S/C21H26N4O2/c1-14-13-24(16-6-8-17(27-2)9-7-16)10-11-25(14)21-18(20(22)26)12-15-4-3-5-19(15)23-21/h6-9,12,14H,3-5,10-11,13H2,1-2H3,(H2,22,26)/t14-/m0/s1. The number of fused-ring (bicyclic) bond motifs is 1. The van der Waals surface area contributed by atoms with E-state index in [1.54, 1.807) is 7.11 Å². The number of hydrogen-bond donors (Lipinski definition) is 1. The largest absolute Gasteiger partial charge is 0.497 e. The summed E-state index contributed by atoms with van der Waals surface area (Å²) in [4.78, 5) is 21.5. The zero-order chi connectivity index (χ0) is 19.0. The van der Waals surface area contributed by atoms with Crippen LogP contribution in [0.15, 0.2) is 30.3 Å². The van der Waals surface area contributed by atoms with E-state index < -0.39 is 5.91 Å². The Morgan fingerprint density at radius 3 is 2.67 bits per heavy atom. The lowest BCUT2D eigenvalue weighted by atomic mass is 10.1. The summed E-state index contributed by atoms with van der Waals surface area (Å²) in [7, 11) is 1.68. The molecule has 142 valence electrons. The van der Waals surface area contributed by atoms with Crippen molar-refractivity contribution in [2.24, 2.45) is 5.73 Å². The SMILES string of the molecule is COc1ccc(N2CCN(c3nc4c(cc3C(N)=O)CCC4)[C@@H](C)C2)cc1. The first-order valence-electron chi connectivity index (χ1n) is 9.55. The monoisotopic (exact) mass is 366 g/mol. The van der Waals surface area contributed by atoms with Crippen molar-refractivity contribution in [1.82, 2.24) is 4.98 Å². The van der Waals surface area contributed by atoms with Gasteiger partial charge in [-0.1, -0.05) is 0 Å². The normalized spacial score (nSPS) is 19.1. The van der Waals surface area contributed by atoms with Crippen LogP contribution in [0.4, 0.5) is 11.5 Å². The quantitative estimate of drug-likeness (QED) is 0.900. The molecule has 0 unspecified atom stereocenters. The Morgan fingerprint density at radius 1 is 1.22 bits per heavy atom. The van der Waals surface area contributed by atoms with E-state index in [0.717, 1.165) is 56.2 Å². The number of aromatic nitrogens is 1. The zero-order valence-electron chi connectivity index (χ0n) is 15.9. The van der Waals surface area contributed by atoms with Gasteiger partial charge in [-0.15, -0.1) is 0 Å². The lowest BCUT2D eigenvalue weighted by Crippen LogP contribution is -2.53. The van der Waals surface area contributed by atoms with Crippen LogP contribution in [-0.2, 0) is 12.8 Å². The highest BCUT2D eigenvalue weighted by molar-refractivity contribution is 5.98. The Morgan fingerprint density at radius 2 is 2.00 bits per heavy atom. The molecule has 2 heterocycles. The fourth-order valence-electron chi connectivity index (χ4n) is 4.16. The number of primary amides is 1. The van der Waals surface area contributed by atoms with E-state index in [-0.39, 0.29) is 6.04 Å². The first-order chi connectivity index (χ1) is 13.1. The molecule has 1 aliphatic heterocycles. The van der Waals surface area contributed by atoms with Crippen LogP contribution < -0.4 is 20.3 Å². The van der Waals surface area contributed by atoms with E-state index >= 15 is 0 Å². The number of pyridine rings is 1. The van der Waals surface area contributed by atoms with Gasteiger partial charge in [0.2, 0.25) is 0 Å². The molecule has 0 radical (unpaired) electrons. The van der Waals surface area contributed by atoms with Crippen molar-refractivity contribution >= 4 is 17.4 Å². The number of nitrogens with zero attached hydrogens (tertiary/aromatic N) is 3. The first-order valence-corrected chi connectivity index (χ1v) is 9.55. The molecule has 6 nitrogen and oxygen atoms in total. The van der Waals surface area contributed by atoms with Crippen LogP contribution in [0.3, 0.4) is 0 Å². The summed E-state index contributed by atoms with van der Waals surface area (Å²) < 4.78 is 5.25. The van der Waals surface area contributed by atoms with Crippen molar-refractivity contribution in [3.8, 4) is 5.75 Å². The summed E-state index contributed by atoms with van der Waals surface area (Å²) in [6.07, 6.45) is 3.08.